The summed E-state index contributed by atoms with van der Waals surface area (Å²) in [4.78, 5) is 14.2. The molecule has 0 saturated heterocycles. The zero-order valence-electron chi connectivity index (χ0n) is 7.67. The van der Waals surface area contributed by atoms with Gasteiger partial charge in [0.1, 0.15) is 5.15 Å². The molecular formula is C10H4ClF2NO2. The van der Waals surface area contributed by atoms with Gasteiger partial charge in [-0.3, -0.25) is 0 Å². The van der Waals surface area contributed by atoms with E-state index in [1.54, 1.807) is 0 Å². The number of halogens is 3. The largest absolute Gasteiger partial charge is 0.477 e. The molecule has 0 aliphatic heterocycles. The van der Waals surface area contributed by atoms with E-state index < -0.39 is 17.6 Å². The van der Waals surface area contributed by atoms with Gasteiger partial charge in [0, 0.05) is 5.39 Å². The van der Waals surface area contributed by atoms with E-state index in [0.717, 1.165) is 18.2 Å². The quantitative estimate of drug-likeness (QED) is 0.784. The van der Waals surface area contributed by atoms with Gasteiger partial charge in [-0.05, 0) is 23.6 Å². The van der Waals surface area contributed by atoms with E-state index in [1.807, 2.05) is 0 Å². The lowest BCUT2D eigenvalue weighted by atomic mass is 10.1. The number of benzene rings is 1. The first-order chi connectivity index (χ1) is 7.49. The summed E-state index contributed by atoms with van der Waals surface area (Å²) in [7, 11) is 0. The molecule has 1 N–H and O–H groups in total. The second-order valence-corrected chi connectivity index (χ2v) is 3.45. The molecule has 0 saturated carbocycles. The fourth-order valence-corrected chi connectivity index (χ4v) is 1.57. The number of carboxylic acids is 1. The maximum absolute atomic E-state index is 12.9. The summed E-state index contributed by atoms with van der Waals surface area (Å²) >= 11 is 5.67. The van der Waals surface area contributed by atoms with Crippen LogP contribution in [0.5, 0.6) is 0 Å². The third-order valence-electron chi connectivity index (χ3n) is 2.04. The number of nitrogens with zero attached hydrogens (tertiary/aromatic N) is 1. The Kier molecular flexibility index (Phi) is 2.47. The standard InChI is InChI=1S/C10H4ClF2NO2/c11-9-5-3-7(13)6(12)1-4(5)2-8(14-9)10(15)16/h1-3H,(H,15,16). The van der Waals surface area contributed by atoms with Crippen LogP contribution in [0.2, 0.25) is 5.15 Å². The topological polar surface area (TPSA) is 50.2 Å². The third kappa shape index (κ3) is 1.69. The van der Waals surface area contributed by atoms with Crippen molar-refractivity contribution in [3.63, 3.8) is 0 Å². The van der Waals surface area contributed by atoms with Crippen LogP contribution in [0.4, 0.5) is 8.78 Å². The number of fused-ring (bicyclic) bond motifs is 1. The van der Waals surface area contributed by atoms with Crippen LogP contribution < -0.4 is 0 Å². The van der Waals surface area contributed by atoms with Crippen LogP contribution in [0.3, 0.4) is 0 Å². The van der Waals surface area contributed by atoms with Gasteiger partial charge in [-0.15, -0.1) is 0 Å². The molecule has 0 aliphatic rings. The lowest BCUT2D eigenvalue weighted by molar-refractivity contribution is 0.0690. The molecular weight excluding hydrogens is 240 g/mol. The normalized spacial score (nSPS) is 10.7. The Morgan fingerprint density at radius 2 is 1.88 bits per heavy atom. The number of rotatable bonds is 1. The van der Waals surface area contributed by atoms with Gasteiger partial charge in [-0.2, -0.15) is 0 Å². The molecule has 0 amide bonds. The van der Waals surface area contributed by atoms with Gasteiger partial charge >= 0.3 is 5.97 Å². The second-order valence-electron chi connectivity index (χ2n) is 3.09. The van der Waals surface area contributed by atoms with Gasteiger partial charge in [-0.1, -0.05) is 11.6 Å². The van der Waals surface area contributed by atoms with Crippen LogP contribution >= 0.6 is 11.6 Å². The Hall–Kier alpha value is -1.75. The summed E-state index contributed by atoms with van der Waals surface area (Å²) in [5.74, 6) is -3.40. The molecule has 0 aliphatic carbocycles. The molecule has 0 radical (unpaired) electrons. The van der Waals surface area contributed by atoms with E-state index in [4.69, 9.17) is 16.7 Å². The number of hydrogen-bond donors (Lipinski definition) is 1. The molecule has 1 heterocycles. The number of aromatic carboxylic acids is 1. The maximum atomic E-state index is 12.9. The van der Waals surface area contributed by atoms with Crippen LogP contribution in [0.15, 0.2) is 18.2 Å². The summed E-state index contributed by atoms with van der Waals surface area (Å²) in [6.07, 6.45) is 0. The molecule has 3 nitrogen and oxygen atoms in total. The van der Waals surface area contributed by atoms with Crippen molar-refractivity contribution in [1.82, 2.24) is 4.98 Å². The number of hydrogen-bond acceptors (Lipinski definition) is 2. The van der Waals surface area contributed by atoms with E-state index in [9.17, 15) is 13.6 Å². The summed E-state index contributed by atoms with van der Waals surface area (Å²) < 4.78 is 25.8. The highest BCUT2D eigenvalue weighted by Gasteiger charge is 2.12. The highest BCUT2D eigenvalue weighted by Crippen LogP contribution is 2.25. The second kappa shape index (κ2) is 3.68. The maximum Gasteiger partial charge on any atom is 0.354 e. The van der Waals surface area contributed by atoms with Gasteiger partial charge in [0.25, 0.3) is 0 Å². The van der Waals surface area contributed by atoms with E-state index in [-0.39, 0.29) is 21.6 Å². The van der Waals surface area contributed by atoms with Crippen molar-refractivity contribution in [3.05, 3.63) is 40.7 Å². The van der Waals surface area contributed by atoms with Gasteiger partial charge in [-0.25, -0.2) is 18.6 Å². The Balaban J connectivity index is 2.82. The highest BCUT2D eigenvalue weighted by atomic mass is 35.5. The molecule has 1 aromatic carbocycles. The molecule has 82 valence electrons. The summed E-state index contributed by atoms with van der Waals surface area (Å²) in [5, 5.41) is 8.89. The minimum absolute atomic E-state index is 0.172. The van der Waals surface area contributed by atoms with Crippen molar-refractivity contribution >= 4 is 28.3 Å². The molecule has 0 unspecified atom stereocenters. The van der Waals surface area contributed by atoms with E-state index in [1.165, 1.54) is 0 Å². The first kappa shape index (κ1) is 10.8. The van der Waals surface area contributed by atoms with Crippen molar-refractivity contribution < 1.29 is 18.7 Å². The Labute approximate surface area is 93.3 Å². The lowest BCUT2D eigenvalue weighted by Gasteiger charge is -2.03. The van der Waals surface area contributed by atoms with Crippen molar-refractivity contribution in [2.45, 2.75) is 0 Å². The summed E-state index contributed by atoms with van der Waals surface area (Å²) in [6, 6.07) is 2.89. The van der Waals surface area contributed by atoms with Gasteiger partial charge < -0.3 is 5.11 Å². The minimum Gasteiger partial charge on any atom is -0.477 e. The van der Waals surface area contributed by atoms with Crippen LogP contribution in [0.1, 0.15) is 10.5 Å². The third-order valence-corrected chi connectivity index (χ3v) is 2.33. The SMILES string of the molecule is O=C(O)c1cc2cc(F)c(F)cc2c(Cl)n1. The first-order valence-corrected chi connectivity index (χ1v) is 4.55. The number of aromatic nitrogens is 1. The average Bonchev–Trinajstić information content (AvgIpc) is 2.20. The molecule has 1 aromatic heterocycles. The molecule has 0 fully saturated rings. The van der Waals surface area contributed by atoms with Crippen molar-refractivity contribution in [3.8, 4) is 0 Å². The van der Waals surface area contributed by atoms with Crippen LogP contribution in [-0.4, -0.2) is 16.1 Å². The van der Waals surface area contributed by atoms with Gasteiger partial charge in [0.05, 0.1) is 0 Å². The zero-order valence-corrected chi connectivity index (χ0v) is 8.42. The highest BCUT2D eigenvalue weighted by molar-refractivity contribution is 6.34. The number of pyridine rings is 1. The molecule has 0 bridgehead atoms. The van der Waals surface area contributed by atoms with Gasteiger partial charge in [0.2, 0.25) is 0 Å². The average molecular weight is 244 g/mol. The number of carbonyl (C=O) groups is 1. The van der Waals surface area contributed by atoms with Crippen LogP contribution in [0, 0.1) is 11.6 Å². The molecule has 16 heavy (non-hydrogen) atoms. The predicted molar refractivity (Wildman–Crippen MR) is 53.6 cm³/mol. The van der Waals surface area contributed by atoms with Crippen LogP contribution in [-0.2, 0) is 0 Å². The predicted octanol–water partition coefficient (Wildman–Crippen LogP) is 2.86. The molecule has 2 aromatic rings. The van der Waals surface area contributed by atoms with Crippen LogP contribution in [0.25, 0.3) is 10.8 Å². The monoisotopic (exact) mass is 243 g/mol. The Morgan fingerprint density at radius 3 is 2.50 bits per heavy atom. The molecule has 0 spiro atoms. The van der Waals surface area contributed by atoms with Crippen molar-refractivity contribution in [2.75, 3.05) is 0 Å². The lowest BCUT2D eigenvalue weighted by Crippen LogP contribution is -2.00. The van der Waals surface area contributed by atoms with Gasteiger partial charge in [0.15, 0.2) is 17.3 Å². The first-order valence-electron chi connectivity index (χ1n) is 4.17. The molecule has 6 heteroatoms. The van der Waals surface area contributed by atoms with E-state index in [0.29, 0.717) is 0 Å². The zero-order chi connectivity index (χ0) is 11.9. The summed E-state index contributed by atoms with van der Waals surface area (Å²) in [6.45, 7) is 0. The fourth-order valence-electron chi connectivity index (χ4n) is 1.32. The van der Waals surface area contributed by atoms with Crippen molar-refractivity contribution in [2.24, 2.45) is 0 Å². The van der Waals surface area contributed by atoms with E-state index in [2.05, 4.69) is 4.98 Å². The smallest absolute Gasteiger partial charge is 0.354 e. The Bertz CT molecular complexity index is 601. The molecule has 0 atom stereocenters. The Morgan fingerprint density at radius 1 is 1.25 bits per heavy atom. The molecule has 2 rings (SSSR count). The fraction of sp³-hybridized carbons (Fsp3) is 0. The number of carboxylic acid groups (broad SMARTS) is 1. The van der Waals surface area contributed by atoms with Crippen molar-refractivity contribution in [1.29, 1.82) is 0 Å². The summed E-state index contributed by atoms with van der Waals surface area (Å²) in [5.41, 5.74) is -0.316. The minimum atomic E-state index is -1.28. The van der Waals surface area contributed by atoms with E-state index >= 15 is 0 Å².